The molecule has 1 aromatic heterocycles. The van der Waals surface area contributed by atoms with E-state index in [-0.39, 0.29) is 11.8 Å². The van der Waals surface area contributed by atoms with E-state index in [4.69, 9.17) is 4.42 Å². The van der Waals surface area contributed by atoms with E-state index < -0.39 is 0 Å². The smallest absolute Gasteiger partial charge is 0.318 e. The Kier molecular flexibility index (Phi) is 7.00. The molecule has 7 nitrogen and oxygen atoms in total. The van der Waals surface area contributed by atoms with Crippen molar-refractivity contribution in [2.75, 3.05) is 44.2 Å². The van der Waals surface area contributed by atoms with Crippen molar-refractivity contribution in [1.82, 2.24) is 20.4 Å². The van der Waals surface area contributed by atoms with Crippen LogP contribution in [-0.4, -0.2) is 60.3 Å². The third-order valence-electron chi connectivity index (χ3n) is 6.25. The fourth-order valence-electron chi connectivity index (χ4n) is 4.33. The van der Waals surface area contributed by atoms with Crippen LogP contribution in [0, 0.1) is 12.8 Å². The van der Waals surface area contributed by atoms with Crippen LogP contribution in [0.4, 0.5) is 6.01 Å². The van der Waals surface area contributed by atoms with Crippen molar-refractivity contribution in [1.29, 1.82) is 0 Å². The second-order valence-electron chi connectivity index (χ2n) is 8.56. The first kappa shape index (κ1) is 20.8. The topological polar surface area (TPSA) is 74.5 Å². The van der Waals surface area contributed by atoms with Crippen molar-refractivity contribution in [2.24, 2.45) is 5.92 Å². The molecule has 162 valence electrons. The van der Waals surface area contributed by atoms with Gasteiger partial charge in [-0.2, -0.15) is 0 Å². The first-order valence-electron chi connectivity index (χ1n) is 11.3. The molecule has 2 saturated heterocycles. The Labute approximate surface area is 178 Å². The summed E-state index contributed by atoms with van der Waals surface area (Å²) in [6, 6.07) is 8.61. The van der Waals surface area contributed by atoms with E-state index in [1.165, 1.54) is 37.9 Å². The molecule has 7 heteroatoms. The van der Waals surface area contributed by atoms with Gasteiger partial charge in [0.15, 0.2) is 0 Å². The maximum Gasteiger partial charge on any atom is 0.318 e. The molecule has 3 heterocycles. The van der Waals surface area contributed by atoms with Gasteiger partial charge in [0.2, 0.25) is 11.8 Å². The second kappa shape index (κ2) is 10.1. The van der Waals surface area contributed by atoms with Gasteiger partial charge in [-0.05, 0) is 70.8 Å². The minimum Gasteiger partial charge on any atom is -0.403 e. The predicted octanol–water partition coefficient (Wildman–Crippen LogP) is 3.25. The SMILES string of the molecule is Cc1ccc(-c2nnc(N3CCC(C(=O)NCCCN4CCCCC4)CC3)o2)cc1. The van der Waals surface area contributed by atoms with Gasteiger partial charge in [0.05, 0.1) is 0 Å². The zero-order valence-electron chi connectivity index (χ0n) is 18.0. The average molecular weight is 412 g/mol. The number of nitrogens with zero attached hydrogens (tertiary/aromatic N) is 4. The lowest BCUT2D eigenvalue weighted by molar-refractivity contribution is -0.125. The Bertz CT molecular complexity index is 805. The first-order chi connectivity index (χ1) is 14.7. The fraction of sp³-hybridized carbons (Fsp3) is 0.609. The van der Waals surface area contributed by atoms with E-state index in [1.807, 2.05) is 24.3 Å². The van der Waals surface area contributed by atoms with Gasteiger partial charge in [-0.3, -0.25) is 4.79 Å². The normalized spacial score (nSPS) is 18.5. The molecule has 1 N–H and O–H groups in total. The third kappa shape index (κ3) is 5.39. The lowest BCUT2D eigenvalue weighted by atomic mass is 9.96. The summed E-state index contributed by atoms with van der Waals surface area (Å²) >= 11 is 0. The predicted molar refractivity (Wildman–Crippen MR) is 117 cm³/mol. The second-order valence-corrected chi connectivity index (χ2v) is 8.56. The molecule has 0 spiro atoms. The molecular formula is C23H33N5O2. The summed E-state index contributed by atoms with van der Waals surface area (Å²) in [5.74, 6) is 0.813. The molecule has 2 aliphatic heterocycles. The molecule has 30 heavy (non-hydrogen) atoms. The van der Waals surface area contributed by atoms with Crippen LogP contribution in [0.1, 0.15) is 44.1 Å². The van der Waals surface area contributed by atoms with E-state index in [9.17, 15) is 4.79 Å². The highest BCUT2D eigenvalue weighted by atomic mass is 16.4. The Morgan fingerprint density at radius 1 is 1.07 bits per heavy atom. The van der Waals surface area contributed by atoms with Gasteiger partial charge in [-0.1, -0.05) is 29.2 Å². The van der Waals surface area contributed by atoms with Crippen molar-refractivity contribution in [3.8, 4) is 11.5 Å². The molecule has 0 bridgehead atoms. The minimum absolute atomic E-state index is 0.0794. The lowest BCUT2D eigenvalue weighted by Crippen LogP contribution is -2.41. The van der Waals surface area contributed by atoms with Crippen LogP contribution in [0.5, 0.6) is 0 Å². The van der Waals surface area contributed by atoms with Crippen LogP contribution >= 0.6 is 0 Å². The van der Waals surface area contributed by atoms with Crippen molar-refractivity contribution in [2.45, 2.75) is 45.4 Å². The molecule has 0 unspecified atom stereocenters. The van der Waals surface area contributed by atoms with E-state index in [1.54, 1.807) is 0 Å². The van der Waals surface area contributed by atoms with E-state index >= 15 is 0 Å². The standard InChI is InChI=1S/C23H33N5O2/c1-18-6-8-20(9-7-18)22-25-26-23(30-22)28-16-10-19(11-17-28)21(29)24-12-5-15-27-13-3-2-4-14-27/h6-9,19H,2-5,10-17H2,1H3,(H,24,29). The maximum atomic E-state index is 12.5. The number of anilines is 1. The molecule has 0 radical (unpaired) electrons. The van der Waals surface area contributed by atoms with Gasteiger partial charge in [0.1, 0.15) is 0 Å². The van der Waals surface area contributed by atoms with Gasteiger partial charge in [0, 0.05) is 31.1 Å². The Hall–Kier alpha value is -2.41. The molecule has 0 saturated carbocycles. The minimum atomic E-state index is 0.0794. The molecule has 1 aromatic carbocycles. The number of rotatable bonds is 7. The van der Waals surface area contributed by atoms with Crippen LogP contribution in [-0.2, 0) is 4.79 Å². The summed E-state index contributed by atoms with van der Waals surface area (Å²) in [6.07, 6.45) is 6.67. The Morgan fingerprint density at radius 3 is 2.53 bits per heavy atom. The molecule has 1 amide bonds. The number of benzene rings is 1. The van der Waals surface area contributed by atoms with Crippen LogP contribution in [0.3, 0.4) is 0 Å². The van der Waals surface area contributed by atoms with Gasteiger partial charge in [0.25, 0.3) is 0 Å². The first-order valence-corrected chi connectivity index (χ1v) is 11.3. The number of piperidine rings is 2. The molecule has 2 fully saturated rings. The van der Waals surface area contributed by atoms with Crippen molar-refractivity contribution >= 4 is 11.9 Å². The summed E-state index contributed by atoms with van der Waals surface area (Å²) < 4.78 is 5.88. The van der Waals surface area contributed by atoms with Crippen LogP contribution < -0.4 is 10.2 Å². The summed E-state index contributed by atoms with van der Waals surface area (Å²) in [7, 11) is 0. The zero-order valence-corrected chi connectivity index (χ0v) is 18.0. The van der Waals surface area contributed by atoms with Gasteiger partial charge < -0.3 is 19.5 Å². The summed E-state index contributed by atoms with van der Waals surface area (Å²) in [6.45, 7) is 7.89. The average Bonchev–Trinajstić information content (AvgIpc) is 3.28. The number of likely N-dealkylation sites (tertiary alicyclic amines) is 1. The van der Waals surface area contributed by atoms with Gasteiger partial charge >= 0.3 is 6.01 Å². The number of hydrogen-bond donors (Lipinski definition) is 1. The van der Waals surface area contributed by atoms with Crippen LogP contribution in [0.2, 0.25) is 0 Å². The van der Waals surface area contributed by atoms with Crippen molar-refractivity contribution in [3.63, 3.8) is 0 Å². The quantitative estimate of drug-likeness (QED) is 0.705. The van der Waals surface area contributed by atoms with E-state index in [0.717, 1.165) is 51.0 Å². The highest BCUT2D eigenvalue weighted by Crippen LogP contribution is 2.26. The van der Waals surface area contributed by atoms with Crippen LogP contribution in [0.25, 0.3) is 11.5 Å². The van der Waals surface area contributed by atoms with Gasteiger partial charge in [-0.15, -0.1) is 5.10 Å². The molecule has 0 aliphatic carbocycles. The number of nitrogens with one attached hydrogen (secondary N) is 1. The van der Waals surface area contributed by atoms with E-state index in [2.05, 4.69) is 32.2 Å². The summed E-state index contributed by atoms with van der Waals surface area (Å²) in [5.41, 5.74) is 2.13. The van der Waals surface area contributed by atoms with Crippen molar-refractivity contribution < 1.29 is 9.21 Å². The number of hydrogen-bond acceptors (Lipinski definition) is 6. The maximum absolute atomic E-state index is 12.5. The number of carbonyl (C=O) groups excluding carboxylic acids is 1. The number of carbonyl (C=O) groups is 1. The van der Waals surface area contributed by atoms with Crippen molar-refractivity contribution in [3.05, 3.63) is 29.8 Å². The number of aryl methyl sites for hydroxylation is 1. The fourth-order valence-corrected chi connectivity index (χ4v) is 4.33. The lowest BCUT2D eigenvalue weighted by Gasteiger charge is -2.30. The zero-order chi connectivity index (χ0) is 20.8. The monoisotopic (exact) mass is 411 g/mol. The van der Waals surface area contributed by atoms with Gasteiger partial charge in [-0.25, -0.2) is 0 Å². The number of aromatic nitrogens is 2. The molecule has 2 aliphatic rings. The Balaban J connectivity index is 1.19. The van der Waals surface area contributed by atoms with Crippen LogP contribution in [0.15, 0.2) is 28.7 Å². The molecule has 2 aromatic rings. The Morgan fingerprint density at radius 2 is 1.80 bits per heavy atom. The largest absolute Gasteiger partial charge is 0.403 e. The molecular weight excluding hydrogens is 378 g/mol. The number of amides is 1. The highest BCUT2D eigenvalue weighted by molar-refractivity contribution is 5.78. The highest BCUT2D eigenvalue weighted by Gasteiger charge is 2.27. The summed E-state index contributed by atoms with van der Waals surface area (Å²) in [4.78, 5) is 17.1. The third-order valence-corrected chi connectivity index (χ3v) is 6.25. The summed E-state index contributed by atoms with van der Waals surface area (Å²) in [5, 5.41) is 11.6. The molecule has 4 rings (SSSR count). The molecule has 0 atom stereocenters. The van der Waals surface area contributed by atoms with E-state index in [0.29, 0.717) is 11.9 Å².